The van der Waals surface area contributed by atoms with Gasteiger partial charge in [-0.3, -0.25) is 0 Å². The lowest BCUT2D eigenvalue weighted by Gasteiger charge is -2.13. The van der Waals surface area contributed by atoms with Gasteiger partial charge in [0.1, 0.15) is 12.4 Å². The van der Waals surface area contributed by atoms with E-state index < -0.39 is 0 Å². The lowest BCUT2D eigenvalue weighted by molar-refractivity contribution is 0.305. The number of halogens is 1. The van der Waals surface area contributed by atoms with Crippen LogP contribution in [-0.2, 0) is 13.0 Å². The molecule has 3 nitrogen and oxygen atoms in total. The second-order valence-electron chi connectivity index (χ2n) is 4.57. The van der Waals surface area contributed by atoms with Crippen molar-refractivity contribution in [2.24, 2.45) is 5.73 Å². The average Bonchev–Trinajstić information content (AvgIpc) is 2.73. The molecule has 0 saturated heterocycles. The van der Waals surface area contributed by atoms with Crippen LogP contribution >= 0.6 is 22.9 Å². The molecule has 1 unspecified atom stereocenters. The van der Waals surface area contributed by atoms with E-state index in [0.29, 0.717) is 11.6 Å². The molecule has 2 aromatic rings. The van der Waals surface area contributed by atoms with Gasteiger partial charge in [-0.15, -0.1) is 11.3 Å². The summed E-state index contributed by atoms with van der Waals surface area (Å²) in [5.74, 6) is 0.841. The highest BCUT2D eigenvalue weighted by Gasteiger charge is 2.08. The standard InChI is InChI=1S/C14H17ClN2OS/c1-9(16)5-11-6-12(15)3-4-14(11)18-8-13-7-17-10(2)19-13/h3-4,6-7,9H,5,8,16H2,1-2H3. The third-order valence-corrected chi connectivity index (χ3v) is 3.72. The van der Waals surface area contributed by atoms with Gasteiger partial charge in [0, 0.05) is 17.3 Å². The van der Waals surface area contributed by atoms with E-state index in [4.69, 9.17) is 22.1 Å². The van der Waals surface area contributed by atoms with Gasteiger partial charge < -0.3 is 10.5 Å². The van der Waals surface area contributed by atoms with Gasteiger partial charge in [-0.1, -0.05) is 11.6 Å². The number of hydrogen-bond acceptors (Lipinski definition) is 4. The summed E-state index contributed by atoms with van der Waals surface area (Å²) in [7, 11) is 0. The molecule has 1 aromatic heterocycles. The Balaban J connectivity index is 2.10. The maximum absolute atomic E-state index is 6.02. The maximum Gasteiger partial charge on any atom is 0.124 e. The topological polar surface area (TPSA) is 48.1 Å². The molecule has 2 N–H and O–H groups in total. The van der Waals surface area contributed by atoms with Gasteiger partial charge in [-0.25, -0.2) is 4.98 Å². The molecule has 0 aliphatic carbocycles. The number of ether oxygens (including phenoxy) is 1. The fourth-order valence-electron chi connectivity index (χ4n) is 1.82. The van der Waals surface area contributed by atoms with Crippen molar-refractivity contribution in [2.75, 3.05) is 0 Å². The quantitative estimate of drug-likeness (QED) is 0.917. The van der Waals surface area contributed by atoms with Gasteiger partial charge in [0.15, 0.2) is 0 Å². The average molecular weight is 297 g/mol. The monoisotopic (exact) mass is 296 g/mol. The first kappa shape index (κ1) is 14.3. The third-order valence-electron chi connectivity index (χ3n) is 2.60. The molecular formula is C14H17ClN2OS. The molecule has 1 aromatic carbocycles. The van der Waals surface area contributed by atoms with Crippen LogP contribution in [-0.4, -0.2) is 11.0 Å². The molecule has 0 aliphatic heterocycles. The Morgan fingerprint density at radius 3 is 2.89 bits per heavy atom. The van der Waals surface area contributed by atoms with Crippen LogP contribution in [0.1, 0.15) is 22.4 Å². The SMILES string of the molecule is Cc1ncc(COc2ccc(Cl)cc2CC(C)N)s1. The molecule has 102 valence electrons. The van der Waals surface area contributed by atoms with Gasteiger partial charge >= 0.3 is 0 Å². The van der Waals surface area contributed by atoms with Gasteiger partial charge in [0.05, 0.1) is 9.88 Å². The van der Waals surface area contributed by atoms with E-state index in [2.05, 4.69) is 4.98 Å². The Hall–Kier alpha value is -1.10. The molecule has 1 heterocycles. The van der Waals surface area contributed by atoms with E-state index in [9.17, 15) is 0 Å². The van der Waals surface area contributed by atoms with Crippen LogP contribution < -0.4 is 10.5 Å². The minimum atomic E-state index is 0.0754. The summed E-state index contributed by atoms with van der Waals surface area (Å²) >= 11 is 7.66. The first-order valence-corrected chi connectivity index (χ1v) is 7.32. The summed E-state index contributed by atoms with van der Waals surface area (Å²) < 4.78 is 5.85. The predicted octanol–water partition coefficient (Wildman–Crippen LogP) is 3.57. The number of rotatable bonds is 5. The van der Waals surface area contributed by atoms with Crippen molar-refractivity contribution in [2.45, 2.75) is 32.9 Å². The zero-order chi connectivity index (χ0) is 13.8. The zero-order valence-electron chi connectivity index (χ0n) is 11.0. The molecule has 0 spiro atoms. The van der Waals surface area contributed by atoms with Crippen molar-refractivity contribution in [1.29, 1.82) is 0 Å². The Bertz CT molecular complexity index is 554. The largest absolute Gasteiger partial charge is 0.488 e. The zero-order valence-corrected chi connectivity index (χ0v) is 12.6. The summed E-state index contributed by atoms with van der Waals surface area (Å²) in [6, 6.07) is 5.72. The van der Waals surface area contributed by atoms with Gasteiger partial charge in [-0.2, -0.15) is 0 Å². The second-order valence-corrected chi connectivity index (χ2v) is 6.32. The van der Waals surface area contributed by atoms with Gasteiger partial charge in [0.2, 0.25) is 0 Å². The number of aryl methyl sites for hydroxylation is 1. The summed E-state index contributed by atoms with van der Waals surface area (Å²) in [5, 5.41) is 1.75. The summed E-state index contributed by atoms with van der Waals surface area (Å²) in [6.07, 6.45) is 2.60. The van der Waals surface area contributed by atoms with Crippen LogP contribution in [0.4, 0.5) is 0 Å². The predicted molar refractivity (Wildman–Crippen MR) is 80.0 cm³/mol. The number of thiazole rings is 1. The fraction of sp³-hybridized carbons (Fsp3) is 0.357. The van der Waals surface area contributed by atoms with E-state index in [1.165, 1.54) is 0 Å². The lowest BCUT2D eigenvalue weighted by atomic mass is 10.1. The summed E-state index contributed by atoms with van der Waals surface area (Å²) in [5.41, 5.74) is 6.89. The lowest BCUT2D eigenvalue weighted by Crippen LogP contribution is -2.18. The molecule has 5 heteroatoms. The first-order chi connectivity index (χ1) is 9.04. The van der Waals surface area contributed by atoms with Crippen LogP contribution in [0.3, 0.4) is 0 Å². The van der Waals surface area contributed by atoms with Crippen LogP contribution in [0, 0.1) is 6.92 Å². The molecule has 0 amide bonds. The highest BCUT2D eigenvalue weighted by Crippen LogP contribution is 2.25. The molecule has 1 atom stereocenters. The van der Waals surface area contributed by atoms with Crippen LogP contribution in [0.5, 0.6) is 5.75 Å². The van der Waals surface area contributed by atoms with Crippen molar-refractivity contribution < 1.29 is 4.74 Å². The Morgan fingerprint density at radius 2 is 2.26 bits per heavy atom. The molecule has 0 fully saturated rings. The van der Waals surface area contributed by atoms with Gasteiger partial charge in [-0.05, 0) is 44.0 Å². The number of aromatic nitrogens is 1. The molecule has 2 rings (SSSR count). The van der Waals surface area contributed by atoms with E-state index in [-0.39, 0.29) is 6.04 Å². The Labute approximate surface area is 122 Å². The number of benzene rings is 1. The highest BCUT2D eigenvalue weighted by atomic mass is 35.5. The van der Waals surface area contributed by atoms with Crippen LogP contribution in [0.15, 0.2) is 24.4 Å². The second kappa shape index (κ2) is 6.37. The third kappa shape index (κ3) is 4.20. The highest BCUT2D eigenvalue weighted by molar-refractivity contribution is 7.11. The number of hydrogen-bond donors (Lipinski definition) is 1. The molecular weight excluding hydrogens is 280 g/mol. The molecule has 0 aliphatic rings. The van der Waals surface area contributed by atoms with Crippen molar-refractivity contribution in [3.63, 3.8) is 0 Å². The molecule has 19 heavy (non-hydrogen) atoms. The number of nitrogens with two attached hydrogens (primary N) is 1. The number of nitrogens with zero attached hydrogens (tertiary/aromatic N) is 1. The van der Waals surface area contributed by atoms with E-state index in [1.807, 2.05) is 38.2 Å². The van der Waals surface area contributed by atoms with Crippen LogP contribution in [0.2, 0.25) is 5.02 Å². The smallest absolute Gasteiger partial charge is 0.124 e. The molecule has 0 saturated carbocycles. The molecule has 0 radical (unpaired) electrons. The maximum atomic E-state index is 6.02. The van der Waals surface area contributed by atoms with E-state index >= 15 is 0 Å². The van der Waals surface area contributed by atoms with E-state index in [0.717, 1.165) is 27.6 Å². The Morgan fingerprint density at radius 1 is 1.47 bits per heavy atom. The minimum absolute atomic E-state index is 0.0754. The van der Waals surface area contributed by atoms with Crippen molar-refractivity contribution in [1.82, 2.24) is 4.98 Å². The summed E-state index contributed by atoms with van der Waals surface area (Å²) in [6.45, 7) is 4.48. The summed E-state index contributed by atoms with van der Waals surface area (Å²) in [4.78, 5) is 5.32. The van der Waals surface area contributed by atoms with E-state index in [1.54, 1.807) is 11.3 Å². The van der Waals surface area contributed by atoms with Gasteiger partial charge in [0.25, 0.3) is 0 Å². The molecule has 0 bridgehead atoms. The Kier molecular flexibility index (Phi) is 4.80. The minimum Gasteiger partial charge on any atom is -0.488 e. The fourth-order valence-corrected chi connectivity index (χ4v) is 2.72. The first-order valence-electron chi connectivity index (χ1n) is 6.12. The van der Waals surface area contributed by atoms with Crippen molar-refractivity contribution in [3.8, 4) is 5.75 Å². The van der Waals surface area contributed by atoms with Crippen molar-refractivity contribution in [3.05, 3.63) is 44.9 Å². The van der Waals surface area contributed by atoms with Crippen LogP contribution in [0.25, 0.3) is 0 Å². The normalized spacial score (nSPS) is 12.4. The van der Waals surface area contributed by atoms with Crippen molar-refractivity contribution >= 4 is 22.9 Å².